The molecule has 0 radical (unpaired) electrons. The smallest absolute Gasteiger partial charge is 0.251 e. The van der Waals surface area contributed by atoms with Crippen LogP contribution in [0.5, 0.6) is 0 Å². The molecule has 0 saturated heterocycles. The number of nitrogens with one attached hydrogen (secondary N) is 1. The summed E-state index contributed by atoms with van der Waals surface area (Å²) in [6, 6.07) is 12.4. The van der Waals surface area contributed by atoms with E-state index in [0.29, 0.717) is 12.1 Å². The Kier molecular flexibility index (Phi) is 4.81. The first-order valence-electron chi connectivity index (χ1n) is 8.26. The molecule has 3 rings (SSSR count). The second-order valence-corrected chi connectivity index (χ2v) is 8.49. The van der Waals surface area contributed by atoms with Crippen LogP contribution < -0.4 is 10.2 Å². The van der Waals surface area contributed by atoms with Crippen molar-refractivity contribution in [3.05, 3.63) is 59.2 Å². The Balaban J connectivity index is 1.71. The van der Waals surface area contributed by atoms with Gasteiger partial charge in [-0.05, 0) is 48.2 Å². The number of amides is 1. The third kappa shape index (κ3) is 4.02. The topological polar surface area (TPSA) is 66.5 Å². The van der Waals surface area contributed by atoms with Crippen LogP contribution in [0.1, 0.15) is 27.9 Å². The number of fused-ring (bicyclic) bond motifs is 1. The molecule has 25 heavy (non-hydrogen) atoms. The zero-order valence-corrected chi connectivity index (χ0v) is 15.3. The van der Waals surface area contributed by atoms with Gasteiger partial charge in [-0.15, -0.1) is 0 Å². The lowest BCUT2D eigenvalue weighted by molar-refractivity contribution is 0.0950. The summed E-state index contributed by atoms with van der Waals surface area (Å²) in [7, 11) is -1.23. The highest BCUT2D eigenvalue weighted by atomic mass is 32.2. The lowest BCUT2D eigenvalue weighted by atomic mass is 9.99. The van der Waals surface area contributed by atoms with E-state index in [4.69, 9.17) is 0 Å². The predicted molar refractivity (Wildman–Crippen MR) is 98.8 cm³/mol. The minimum atomic E-state index is -3.33. The number of rotatable bonds is 4. The highest BCUT2D eigenvalue weighted by molar-refractivity contribution is 7.90. The molecule has 132 valence electrons. The molecule has 6 heteroatoms. The van der Waals surface area contributed by atoms with Crippen molar-refractivity contribution in [3.8, 4) is 0 Å². The number of carbonyl (C=O) groups excluding carboxylic acids is 1. The van der Waals surface area contributed by atoms with Crippen LogP contribution >= 0.6 is 0 Å². The van der Waals surface area contributed by atoms with Crippen LogP contribution in [0.25, 0.3) is 0 Å². The van der Waals surface area contributed by atoms with Gasteiger partial charge in [0, 0.05) is 37.6 Å². The molecule has 5 nitrogen and oxygen atoms in total. The van der Waals surface area contributed by atoms with Gasteiger partial charge in [-0.1, -0.05) is 18.2 Å². The largest absolute Gasteiger partial charge is 0.374 e. The molecular weight excluding hydrogens is 336 g/mol. The molecular formula is C19H22N2O3S. The molecule has 0 atom stereocenters. The summed E-state index contributed by atoms with van der Waals surface area (Å²) < 4.78 is 23.2. The molecule has 1 amide bonds. The summed E-state index contributed by atoms with van der Waals surface area (Å²) in [5, 5.41) is 2.86. The van der Waals surface area contributed by atoms with E-state index < -0.39 is 9.84 Å². The van der Waals surface area contributed by atoms with E-state index in [9.17, 15) is 13.2 Å². The number of nitrogens with zero attached hydrogens (tertiary/aromatic N) is 1. The normalized spacial score (nSPS) is 14.1. The van der Waals surface area contributed by atoms with Crippen molar-refractivity contribution in [2.75, 3.05) is 24.7 Å². The van der Waals surface area contributed by atoms with Crippen LogP contribution in [0.4, 0.5) is 5.69 Å². The maximum Gasteiger partial charge on any atom is 0.251 e. The van der Waals surface area contributed by atoms with Gasteiger partial charge in [0.2, 0.25) is 0 Å². The summed E-state index contributed by atoms with van der Waals surface area (Å²) in [5.74, 6) is -0.277. The average Bonchev–Trinajstić information content (AvgIpc) is 2.59. The van der Waals surface area contributed by atoms with Gasteiger partial charge in [-0.25, -0.2) is 8.42 Å². The predicted octanol–water partition coefficient (Wildman–Crippen LogP) is 2.40. The molecule has 1 N–H and O–H groups in total. The van der Waals surface area contributed by atoms with Gasteiger partial charge < -0.3 is 10.2 Å². The van der Waals surface area contributed by atoms with Gasteiger partial charge >= 0.3 is 0 Å². The van der Waals surface area contributed by atoms with Crippen molar-refractivity contribution in [2.24, 2.45) is 0 Å². The van der Waals surface area contributed by atoms with Crippen molar-refractivity contribution < 1.29 is 13.2 Å². The molecule has 0 saturated carbocycles. The van der Waals surface area contributed by atoms with Gasteiger partial charge in [-0.3, -0.25) is 4.79 Å². The number of aryl methyl sites for hydroxylation is 1. The summed E-state index contributed by atoms with van der Waals surface area (Å²) in [6.45, 7) is 1.48. The van der Waals surface area contributed by atoms with Crippen LogP contribution in [0.15, 0.2) is 47.4 Å². The first-order chi connectivity index (χ1) is 11.8. The van der Waals surface area contributed by atoms with E-state index in [0.717, 1.165) is 31.2 Å². The molecule has 0 bridgehead atoms. The molecule has 2 aromatic carbocycles. The Labute approximate surface area is 148 Å². The molecule has 1 heterocycles. The van der Waals surface area contributed by atoms with Crippen molar-refractivity contribution in [1.82, 2.24) is 5.32 Å². The molecule has 2 aromatic rings. The monoisotopic (exact) mass is 358 g/mol. The second kappa shape index (κ2) is 6.88. The van der Waals surface area contributed by atoms with E-state index in [1.807, 2.05) is 6.07 Å². The highest BCUT2D eigenvalue weighted by Crippen LogP contribution is 2.26. The number of sulfone groups is 1. The van der Waals surface area contributed by atoms with Crippen LogP contribution in [-0.2, 0) is 22.8 Å². The van der Waals surface area contributed by atoms with Gasteiger partial charge in [0.1, 0.15) is 0 Å². The van der Waals surface area contributed by atoms with Crippen LogP contribution in [0.3, 0.4) is 0 Å². The standard InChI is InChI=1S/C19H22N2O3S/c1-21-10-4-6-15-11-14(8-9-18(15)21)13-20-19(22)16-5-3-7-17(12-16)25(2,23)24/h3,5,7-9,11-12H,4,6,10,13H2,1-2H3,(H,20,22). The molecule has 0 aromatic heterocycles. The van der Waals surface area contributed by atoms with Gasteiger partial charge in [0.05, 0.1) is 4.90 Å². The Morgan fingerprint density at radius 3 is 2.76 bits per heavy atom. The Morgan fingerprint density at radius 2 is 2.00 bits per heavy atom. The average molecular weight is 358 g/mol. The minimum Gasteiger partial charge on any atom is -0.374 e. The zero-order valence-electron chi connectivity index (χ0n) is 14.5. The van der Waals surface area contributed by atoms with Crippen LogP contribution in [0, 0.1) is 0 Å². The van der Waals surface area contributed by atoms with Crippen molar-refractivity contribution in [3.63, 3.8) is 0 Å². The van der Waals surface area contributed by atoms with Crippen LogP contribution in [-0.4, -0.2) is 34.2 Å². The Bertz CT molecular complexity index is 907. The SMILES string of the molecule is CN1CCCc2cc(CNC(=O)c3cccc(S(C)(=O)=O)c3)ccc21. The van der Waals surface area contributed by atoms with Crippen molar-refractivity contribution in [2.45, 2.75) is 24.3 Å². The molecule has 0 aliphatic carbocycles. The fourth-order valence-corrected chi connectivity index (χ4v) is 3.77. The Morgan fingerprint density at radius 1 is 1.20 bits per heavy atom. The number of anilines is 1. The lowest BCUT2D eigenvalue weighted by Gasteiger charge is -2.27. The summed E-state index contributed by atoms with van der Waals surface area (Å²) >= 11 is 0. The van der Waals surface area contributed by atoms with Gasteiger partial charge in [0.15, 0.2) is 9.84 Å². The number of hydrogen-bond acceptors (Lipinski definition) is 4. The van der Waals surface area contributed by atoms with E-state index in [-0.39, 0.29) is 10.8 Å². The van der Waals surface area contributed by atoms with E-state index in [1.165, 1.54) is 23.4 Å². The fourth-order valence-electron chi connectivity index (χ4n) is 3.10. The van der Waals surface area contributed by atoms with E-state index >= 15 is 0 Å². The molecule has 1 aliphatic rings. The Hall–Kier alpha value is -2.34. The maximum atomic E-state index is 12.3. The molecule has 0 spiro atoms. The fraction of sp³-hybridized carbons (Fsp3) is 0.316. The van der Waals surface area contributed by atoms with Gasteiger partial charge in [-0.2, -0.15) is 0 Å². The molecule has 0 fully saturated rings. The second-order valence-electron chi connectivity index (χ2n) is 6.47. The third-order valence-corrected chi connectivity index (χ3v) is 5.58. The van der Waals surface area contributed by atoms with Crippen molar-refractivity contribution in [1.29, 1.82) is 0 Å². The minimum absolute atomic E-state index is 0.150. The van der Waals surface area contributed by atoms with Crippen LogP contribution in [0.2, 0.25) is 0 Å². The number of benzene rings is 2. The molecule has 0 unspecified atom stereocenters. The summed E-state index contributed by atoms with van der Waals surface area (Å²) in [6.07, 6.45) is 3.32. The maximum absolute atomic E-state index is 12.3. The number of hydrogen-bond donors (Lipinski definition) is 1. The quantitative estimate of drug-likeness (QED) is 0.911. The highest BCUT2D eigenvalue weighted by Gasteiger charge is 2.15. The zero-order chi connectivity index (χ0) is 18.0. The lowest BCUT2D eigenvalue weighted by Crippen LogP contribution is -2.26. The summed E-state index contributed by atoms with van der Waals surface area (Å²) in [5.41, 5.74) is 3.95. The van der Waals surface area contributed by atoms with E-state index in [2.05, 4.69) is 29.4 Å². The summed E-state index contributed by atoms with van der Waals surface area (Å²) in [4.78, 5) is 14.7. The first kappa shape index (κ1) is 17.5. The van der Waals surface area contributed by atoms with Crippen molar-refractivity contribution >= 4 is 21.4 Å². The van der Waals surface area contributed by atoms with E-state index in [1.54, 1.807) is 12.1 Å². The van der Waals surface area contributed by atoms with Gasteiger partial charge in [0.25, 0.3) is 5.91 Å². The number of carbonyl (C=O) groups is 1. The first-order valence-corrected chi connectivity index (χ1v) is 10.1. The molecule has 1 aliphatic heterocycles. The third-order valence-electron chi connectivity index (χ3n) is 4.47.